The Morgan fingerprint density at radius 2 is 1.79 bits per heavy atom. The first-order valence-corrected chi connectivity index (χ1v) is 8.21. The molecular weight excluding hydrogens is 334 g/mol. The summed E-state index contributed by atoms with van der Waals surface area (Å²) in [5, 5.41) is 16.2. The minimum atomic E-state index is -1.21. The van der Waals surface area contributed by atoms with Crippen molar-refractivity contribution in [3.63, 3.8) is 0 Å². The van der Waals surface area contributed by atoms with Crippen molar-refractivity contribution in [1.82, 2.24) is 15.0 Å². The molecule has 0 aliphatic carbocycles. The van der Waals surface area contributed by atoms with Crippen LogP contribution < -0.4 is 0 Å². The van der Waals surface area contributed by atoms with Gasteiger partial charge in [0.1, 0.15) is 0 Å². The van der Waals surface area contributed by atoms with Crippen molar-refractivity contribution in [3.8, 4) is 0 Å². The summed E-state index contributed by atoms with van der Waals surface area (Å²) in [4.78, 5) is 31.4. The number of hydrogen-bond donors (Lipinski definition) is 2. The number of aryl methyl sites for hydroxylation is 1. The largest absolute Gasteiger partial charge is 0.481 e. The average Bonchev–Trinajstić information content (AvgIpc) is 2.54. The molecule has 2 aromatic heterocycles. The molecule has 9 heteroatoms. The van der Waals surface area contributed by atoms with Gasteiger partial charge in [0, 0.05) is 24.3 Å². The molecule has 0 spiro atoms. The van der Waals surface area contributed by atoms with Gasteiger partial charge in [-0.1, -0.05) is 6.07 Å². The van der Waals surface area contributed by atoms with E-state index in [0.717, 1.165) is 11.3 Å². The molecule has 1 atom stereocenters. The summed E-state index contributed by atoms with van der Waals surface area (Å²) in [6, 6.07) is 5.50. The number of rotatable bonds is 6. The molecule has 0 saturated heterocycles. The van der Waals surface area contributed by atoms with Crippen molar-refractivity contribution in [2.75, 3.05) is 0 Å². The quantitative estimate of drug-likeness (QED) is 0.747. The zero-order chi connectivity index (χ0) is 17.9. The van der Waals surface area contributed by atoms with Crippen LogP contribution >= 0.6 is 0 Å². The minimum absolute atomic E-state index is 0.296. The molecule has 0 bridgehead atoms. The van der Waals surface area contributed by atoms with E-state index < -0.39 is 22.7 Å². The summed E-state index contributed by atoms with van der Waals surface area (Å²) < 4.78 is 11.9. The lowest BCUT2D eigenvalue weighted by Gasteiger charge is -2.01. The van der Waals surface area contributed by atoms with Gasteiger partial charge in [-0.3, -0.25) is 18.8 Å². The predicted octanol–water partition coefficient (Wildman–Crippen LogP) is 1.42. The van der Waals surface area contributed by atoms with Crippen LogP contribution in [0.3, 0.4) is 0 Å². The third-order valence-corrected chi connectivity index (χ3v) is 3.75. The van der Waals surface area contributed by atoms with Crippen molar-refractivity contribution in [3.05, 3.63) is 48.0 Å². The van der Waals surface area contributed by atoms with Gasteiger partial charge < -0.3 is 10.2 Å². The molecule has 24 heavy (non-hydrogen) atoms. The van der Waals surface area contributed by atoms with Crippen LogP contribution in [0.25, 0.3) is 0 Å². The first kappa shape index (κ1) is 19.4. The van der Waals surface area contributed by atoms with Crippen molar-refractivity contribution in [2.24, 2.45) is 0 Å². The number of carbonyl (C=O) groups is 2. The summed E-state index contributed by atoms with van der Waals surface area (Å²) in [6.45, 7) is 1.85. The van der Waals surface area contributed by atoms with E-state index >= 15 is 0 Å². The highest BCUT2D eigenvalue weighted by molar-refractivity contribution is 7.84. The van der Waals surface area contributed by atoms with E-state index in [4.69, 9.17) is 10.2 Å². The Labute approximate surface area is 141 Å². The normalized spacial score (nSPS) is 11.0. The van der Waals surface area contributed by atoms with E-state index in [0.29, 0.717) is 10.9 Å². The molecule has 0 amide bonds. The van der Waals surface area contributed by atoms with E-state index in [-0.39, 0.29) is 12.8 Å². The predicted molar refractivity (Wildman–Crippen MR) is 85.6 cm³/mol. The topological polar surface area (TPSA) is 130 Å². The van der Waals surface area contributed by atoms with Crippen LogP contribution in [0.2, 0.25) is 0 Å². The molecule has 2 rings (SSSR count). The van der Waals surface area contributed by atoms with E-state index in [9.17, 15) is 13.8 Å². The molecule has 0 radical (unpaired) electrons. The van der Waals surface area contributed by atoms with Crippen LogP contribution in [0, 0.1) is 6.92 Å². The van der Waals surface area contributed by atoms with Gasteiger partial charge in [-0.15, -0.1) is 0 Å². The van der Waals surface area contributed by atoms with Gasteiger partial charge in [0.05, 0.1) is 29.4 Å². The summed E-state index contributed by atoms with van der Waals surface area (Å²) in [5.74, 6) is -1.75. The maximum Gasteiger partial charge on any atom is 0.303 e. The standard InChI is InChI=1S/C11H11N3OS.C4H6O4/c1-9-4-6-13-11(14-9)16(15)8-10-3-2-5-12-7-10;5-3(6)1-2-4(7)8/h2-7H,8H2,1H3;1-2H2,(H,5,6)(H,7,8). The first-order valence-electron chi connectivity index (χ1n) is 6.89. The molecule has 2 heterocycles. The number of aliphatic carboxylic acids is 2. The number of hydrogen-bond acceptors (Lipinski definition) is 6. The third kappa shape index (κ3) is 8.08. The Morgan fingerprint density at radius 1 is 1.12 bits per heavy atom. The zero-order valence-corrected chi connectivity index (χ0v) is 13.8. The molecule has 0 fully saturated rings. The number of nitrogens with zero attached hydrogens (tertiary/aromatic N) is 3. The summed E-state index contributed by atoms with van der Waals surface area (Å²) in [5.41, 5.74) is 1.75. The lowest BCUT2D eigenvalue weighted by atomic mass is 10.3. The van der Waals surface area contributed by atoms with Crippen molar-refractivity contribution < 1.29 is 24.0 Å². The number of carboxylic acids is 2. The first-order chi connectivity index (χ1) is 11.4. The van der Waals surface area contributed by atoms with Crippen LogP contribution in [-0.2, 0) is 26.1 Å². The Morgan fingerprint density at radius 3 is 2.29 bits per heavy atom. The lowest BCUT2D eigenvalue weighted by Crippen LogP contribution is -2.02. The molecule has 8 nitrogen and oxygen atoms in total. The van der Waals surface area contributed by atoms with E-state index in [1.165, 1.54) is 0 Å². The fourth-order valence-electron chi connectivity index (χ4n) is 1.45. The maximum absolute atomic E-state index is 11.9. The summed E-state index contributed by atoms with van der Waals surface area (Å²) >= 11 is 0. The molecule has 2 aromatic rings. The van der Waals surface area contributed by atoms with E-state index in [1.54, 1.807) is 24.7 Å². The summed E-state index contributed by atoms with van der Waals surface area (Å²) in [6.07, 6.45) is 4.42. The molecule has 0 saturated carbocycles. The smallest absolute Gasteiger partial charge is 0.303 e. The van der Waals surface area contributed by atoms with Crippen molar-refractivity contribution in [2.45, 2.75) is 30.7 Å². The van der Waals surface area contributed by atoms with Gasteiger partial charge in [-0.05, 0) is 24.6 Å². The Bertz CT molecular complexity index is 695. The number of aromatic nitrogens is 3. The highest BCUT2D eigenvalue weighted by atomic mass is 32.2. The second-order valence-electron chi connectivity index (χ2n) is 4.62. The van der Waals surface area contributed by atoms with Gasteiger partial charge in [-0.2, -0.15) is 0 Å². The Kier molecular flexibility index (Phi) is 8.20. The van der Waals surface area contributed by atoms with Crippen LogP contribution in [0.4, 0.5) is 0 Å². The fourth-order valence-corrected chi connectivity index (χ4v) is 2.48. The monoisotopic (exact) mass is 351 g/mol. The van der Waals surface area contributed by atoms with Crippen LogP contribution in [0.1, 0.15) is 24.1 Å². The third-order valence-electron chi connectivity index (χ3n) is 2.55. The maximum atomic E-state index is 11.9. The number of pyridine rings is 1. The van der Waals surface area contributed by atoms with Gasteiger partial charge in [0.25, 0.3) is 0 Å². The van der Waals surface area contributed by atoms with Crippen molar-refractivity contribution >= 4 is 22.7 Å². The molecule has 0 aliphatic heterocycles. The number of carboxylic acid groups (broad SMARTS) is 2. The van der Waals surface area contributed by atoms with E-state index in [1.807, 2.05) is 19.1 Å². The van der Waals surface area contributed by atoms with Gasteiger partial charge in [0.15, 0.2) is 0 Å². The van der Waals surface area contributed by atoms with Gasteiger partial charge in [-0.25, -0.2) is 9.97 Å². The fraction of sp³-hybridized carbons (Fsp3) is 0.267. The molecule has 1 unspecified atom stereocenters. The SMILES string of the molecule is Cc1ccnc(S(=O)Cc2cccnc2)n1.O=C(O)CCC(=O)O. The molecule has 0 aromatic carbocycles. The molecule has 128 valence electrons. The van der Waals surface area contributed by atoms with Crippen molar-refractivity contribution in [1.29, 1.82) is 0 Å². The highest BCUT2D eigenvalue weighted by Gasteiger charge is 2.08. The van der Waals surface area contributed by atoms with E-state index in [2.05, 4.69) is 15.0 Å². The Balaban J connectivity index is 0.000000307. The van der Waals surface area contributed by atoms with Crippen LogP contribution in [0.5, 0.6) is 0 Å². The second kappa shape index (κ2) is 10.2. The zero-order valence-electron chi connectivity index (χ0n) is 13.0. The second-order valence-corrected chi connectivity index (χ2v) is 5.96. The molecule has 0 aliphatic rings. The van der Waals surface area contributed by atoms with Gasteiger partial charge >= 0.3 is 11.9 Å². The molecule has 2 N–H and O–H groups in total. The lowest BCUT2D eigenvalue weighted by molar-refractivity contribution is -0.143. The summed E-state index contributed by atoms with van der Waals surface area (Å²) in [7, 11) is -1.21. The van der Waals surface area contributed by atoms with Crippen LogP contribution in [-0.4, -0.2) is 41.3 Å². The highest BCUT2D eigenvalue weighted by Crippen LogP contribution is 2.07. The van der Waals surface area contributed by atoms with Gasteiger partial charge in [0.2, 0.25) is 5.16 Å². The average molecular weight is 351 g/mol. The molecular formula is C15H17N3O5S. The van der Waals surface area contributed by atoms with Crippen LogP contribution in [0.15, 0.2) is 41.9 Å². The Hall–Kier alpha value is -2.68. The minimum Gasteiger partial charge on any atom is -0.481 e.